The van der Waals surface area contributed by atoms with Gasteiger partial charge >= 0.3 is 0 Å². The predicted molar refractivity (Wildman–Crippen MR) is 64.5 cm³/mol. The smallest absolute Gasteiger partial charge is 0.264 e. The summed E-state index contributed by atoms with van der Waals surface area (Å²) in [6, 6.07) is 0.104. The zero-order valence-electron chi connectivity index (χ0n) is 10.1. The van der Waals surface area contributed by atoms with Crippen molar-refractivity contribution >= 4 is 11.0 Å². The minimum absolute atomic E-state index is 0.0531. The highest BCUT2D eigenvalue weighted by molar-refractivity contribution is 5.72. The molecule has 2 aromatic rings. The van der Waals surface area contributed by atoms with Crippen molar-refractivity contribution in [2.45, 2.75) is 25.8 Å². The fourth-order valence-corrected chi connectivity index (χ4v) is 2.55. The molecule has 96 valence electrons. The maximum absolute atomic E-state index is 12.4. The number of hydroxylamine groups is 2. The van der Waals surface area contributed by atoms with E-state index in [1.807, 2.05) is 6.92 Å². The van der Waals surface area contributed by atoms with E-state index in [1.165, 1.54) is 11.3 Å². The number of hydrogen-bond donors (Lipinski definition) is 2. The van der Waals surface area contributed by atoms with E-state index in [-0.39, 0.29) is 11.6 Å². The maximum atomic E-state index is 12.4. The van der Waals surface area contributed by atoms with Crippen molar-refractivity contribution < 1.29 is 5.21 Å². The number of fused-ring (bicyclic) bond motifs is 1. The van der Waals surface area contributed by atoms with Gasteiger partial charge in [0.15, 0.2) is 5.65 Å². The standard InChI is InChI=1S/C11H15N5O2/c1-7-13-10-9(6-12-14-10)11(17)16(7)8-2-4-15(18)5-3-8/h6,8,18H,2-5H2,1H3,(H,12,14). The SMILES string of the molecule is Cc1nc2[nH]ncc2c(=O)n1C1CCN(O)CC1. The van der Waals surface area contributed by atoms with Crippen molar-refractivity contribution in [2.75, 3.05) is 13.1 Å². The second kappa shape index (κ2) is 4.18. The second-order valence-corrected chi connectivity index (χ2v) is 4.65. The molecule has 0 bridgehead atoms. The van der Waals surface area contributed by atoms with E-state index in [9.17, 15) is 10.0 Å². The highest BCUT2D eigenvalue weighted by Gasteiger charge is 2.23. The molecule has 0 aliphatic carbocycles. The Morgan fingerprint density at radius 1 is 1.44 bits per heavy atom. The lowest BCUT2D eigenvalue weighted by Crippen LogP contribution is -2.37. The van der Waals surface area contributed by atoms with E-state index >= 15 is 0 Å². The fourth-order valence-electron chi connectivity index (χ4n) is 2.55. The van der Waals surface area contributed by atoms with Crippen LogP contribution in [0.4, 0.5) is 0 Å². The monoisotopic (exact) mass is 249 g/mol. The lowest BCUT2D eigenvalue weighted by atomic mass is 10.1. The number of aromatic amines is 1. The number of nitrogens with one attached hydrogen (secondary N) is 1. The third-order valence-electron chi connectivity index (χ3n) is 3.50. The van der Waals surface area contributed by atoms with Crippen molar-refractivity contribution in [1.82, 2.24) is 24.8 Å². The Morgan fingerprint density at radius 2 is 2.17 bits per heavy atom. The van der Waals surface area contributed by atoms with Crippen LogP contribution in [0.2, 0.25) is 0 Å². The van der Waals surface area contributed by atoms with Gasteiger partial charge in [0.25, 0.3) is 5.56 Å². The van der Waals surface area contributed by atoms with Crippen molar-refractivity contribution in [3.63, 3.8) is 0 Å². The van der Waals surface area contributed by atoms with Crippen LogP contribution in [0.15, 0.2) is 11.0 Å². The third kappa shape index (κ3) is 1.72. The van der Waals surface area contributed by atoms with Crippen molar-refractivity contribution in [3.8, 4) is 0 Å². The van der Waals surface area contributed by atoms with Gasteiger partial charge < -0.3 is 5.21 Å². The van der Waals surface area contributed by atoms with Gasteiger partial charge in [-0.1, -0.05) is 0 Å². The topological polar surface area (TPSA) is 87.0 Å². The molecule has 7 heteroatoms. The van der Waals surface area contributed by atoms with Crippen LogP contribution < -0.4 is 5.56 Å². The number of piperidine rings is 1. The van der Waals surface area contributed by atoms with Crippen LogP contribution in [0.5, 0.6) is 0 Å². The van der Waals surface area contributed by atoms with E-state index in [0.717, 1.165) is 12.8 Å². The molecule has 7 nitrogen and oxygen atoms in total. The van der Waals surface area contributed by atoms with Crippen LogP contribution in [0.1, 0.15) is 24.7 Å². The van der Waals surface area contributed by atoms with Crippen LogP contribution in [0, 0.1) is 6.92 Å². The minimum Gasteiger partial charge on any atom is -0.314 e. The Hall–Kier alpha value is -1.73. The van der Waals surface area contributed by atoms with Crippen LogP contribution in [-0.2, 0) is 0 Å². The summed E-state index contributed by atoms with van der Waals surface area (Å²) in [5.74, 6) is 0.688. The molecule has 2 N–H and O–H groups in total. The van der Waals surface area contributed by atoms with E-state index in [1.54, 1.807) is 4.57 Å². The molecule has 2 aromatic heterocycles. The Morgan fingerprint density at radius 3 is 2.89 bits per heavy atom. The first-order valence-corrected chi connectivity index (χ1v) is 6.03. The quantitative estimate of drug-likeness (QED) is 0.766. The van der Waals surface area contributed by atoms with Gasteiger partial charge in [-0.2, -0.15) is 10.2 Å². The van der Waals surface area contributed by atoms with Gasteiger partial charge in [0.05, 0.1) is 6.20 Å². The second-order valence-electron chi connectivity index (χ2n) is 4.65. The number of nitrogens with zero attached hydrogens (tertiary/aromatic N) is 4. The number of aromatic nitrogens is 4. The fraction of sp³-hybridized carbons (Fsp3) is 0.545. The van der Waals surface area contributed by atoms with Gasteiger partial charge in [-0.3, -0.25) is 14.5 Å². The summed E-state index contributed by atoms with van der Waals surface area (Å²) in [7, 11) is 0. The molecule has 0 unspecified atom stereocenters. The largest absolute Gasteiger partial charge is 0.314 e. The van der Waals surface area contributed by atoms with Crippen LogP contribution in [-0.4, -0.2) is 43.1 Å². The van der Waals surface area contributed by atoms with Gasteiger partial charge in [-0.15, -0.1) is 0 Å². The third-order valence-corrected chi connectivity index (χ3v) is 3.50. The van der Waals surface area contributed by atoms with Gasteiger partial charge in [-0.25, -0.2) is 4.98 Å². The summed E-state index contributed by atoms with van der Waals surface area (Å²) in [4.78, 5) is 16.7. The van der Waals surface area contributed by atoms with Crippen LogP contribution in [0.3, 0.4) is 0 Å². The molecule has 1 aliphatic rings. The average Bonchev–Trinajstić information content (AvgIpc) is 2.80. The molecule has 1 saturated heterocycles. The molecule has 0 amide bonds. The van der Waals surface area contributed by atoms with Crippen molar-refractivity contribution in [2.24, 2.45) is 0 Å². The summed E-state index contributed by atoms with van der Waals surface area (Å²) >= 11 is 0. The molecule has 0 radical (unpaired) electrons. The number of hydrogen-bond acceptors (Lipinski definition) is 5. The molecule has 0 saturated carbocycles. The molecule has 0 atom stereocenters. The molecule has 0 aromatic carbocycles. The van der Waals surface area contributed by atoms with E-state index in [0.29, 0.717) is 29.9 Å². The first kappa shape index (κ1) is 11.4. The summed E-state index contributed by atoms with van der Waals surface area (Å²) in [6.07, 6.45) is 3.02. The van der Waals surface area contributed by atoms with Gasteiger partial charge in [0.1, 0.15) is 11.2 Å². The molecule has 3 rings (SSSR count). The molecule has 0 spiro atoms. The lowest BCUT2D eigenvalue weighted by molar-refractivity contribution is -0.110. The summed E-state index contributed by atoms with van der Waals surface area (Å²) < 4.78 is 1.73. The van der Waals surface area contributed by atoms with E-state index in [4.69, 9.17) is 0 Å². The van der Waals surface area contributed by atoms with E-state index < -0.39 is 0 Å². The molecule has 18 heavy (non-hydrogen) atoms. The summed E-state index contributed by atoms with van der Waals surface area (Å²) in [6.45, 7) is 2.99. The predicted octanol–water partition coefficient (Wildman–Crippen LogP) is 0.454. The minimum atomic E-state index is -0.0531. The first-order chi connectivity index (χ1) is 8.66. The van der Waals surface area contributed by atoms with Crippen molar-refractivity contribution in [3.05, 3.63) is 22.4 Å². The lowest BCUT2D eigenvalue weighted by Gasteiger charge is -2.29. The Labute approximate surface area is 103 Å². The summed E-state index contributed by atoms with van der Waals surface area (Å²) in [5, 5.41) is 17.7. The Bertz CT molecular complexity index is 624. The van der Waals surface area contributed by atoms with E-state index in [2.05, 4.69) is 15.2 Å². The Kier molecular flexibility index (Phi) is 2.64. The summed E-state index contributed by atoms with van der Waals surface area (Å²) in [5.41, 5.74) is 0.482. The number of H-pyrrole nitrogens is 1. The molecular formula is C11H15N5O2. The zero-order chi connectivity index (χ0) is 12.7. The van der Waals surface area contributed by atoms with Crippen LogP contribution in [0.25, 0.3) is 11.0 Å². The molecular weight excluding hydrogens is 234 g/mol. The molecule has 1 aliphatic heterocycles. The number of aryl methyl sites for hydroxylation is 1. The van der Waals surface area contributed by atoms with Crippen LogP contribution >= 0.6 is 0 Å². The van der Waals surface area contributed by atoms with Gasteiger partial charge in [0, 0.05) is 19.1 Å². The first-order valence-electron chi connectivity index (χ1n) is 6.03. The normalized spacial score (nSPS) is 18.6. The number of rotatable bonds is 1. The highest BCUT2D eigenvalue weighted by Crippen LogP contribution is 2.21. The van der Waals surface area contributed by atoms with Gasteiger partial charge in [-0.05, 0) is 19.8 Å². The molecule has 1 fully saturated rings. The van der Waals surface area contributed by atoms with Gasteiger partial charge in [0.2, 0.25) is 0 Å². The highest BCUT2D eigenvalue weighted by atomic mass is 16.5. The molecule has 3 heterocycles. The average molecular weight is 249 g/mol. The zero-order valence-corrected chi connectivity index (χ0v) is 10.1. The Balaban J connectivity index is 2.08. The maximum Gasteiger partial charge on any atom is 0.264 e. The van der Waals surface area contributed by atoms with Crippen molar-refractivity contribution in [1.29, 1.82) is 0 Å².